The van der Waals surface area contributed by atoms with Gasteiger partial charge in [-0.15, -0.1) is 0 Å². The first kappa shape index (κ1) is 16.0. The molecule has 0 spiro atoms. The molecule has 1 aliphatic rings. The number of rotatable bonds is 4. The van der Waals surface area contributed by atoms with E-state index in [1.54, 1.807) is 0 Å². The number of aryl methyl sites for hydroxylation is 1. The van der Waals surface area contributed by atoms with Gasteiger partial charge in [0.25, 0.3) is 0 Å². The summed E-state index contributed by atoms with van der Waals surface area (Å²) in [6.45, 7) is 7.31. The third-order valence-corrected chi connectivity index (χ3v) is 5.05. The molecule has 2 aromatic heterocycles. The molecule has 5 nitrogen and oxygen atoms in total. The van der Waals surface area contributed by atoms with Gasteiger partial charge in [-0.05, 0) is 45.2 Å². The van der Waals surface area contributed by atoms with Crippen LogP contribution in [-0.2, 0) is 17.8 Å². The van der Waals surface area contributed by atoms with Crippen molar-refractivity contribution < 1.29 is 9.90 Å². The van der Waals surface area contributed by atoms with Gasteiger partial charge in [-0.3, -0.25) is 9.69 Å². The Balaban J connectivity index is 2.03. The van der Waals surface area contributed by atoms with Crippen molar-refractivity contribution in [3.05, 3.63) is 35.3 Å². The van der Waals surface area contributed by atoms with Crippen LogP contribution < -0.4 is 0 Å². The van der Waals surface area contributed by atoms with E-state index in [1.807, 2.05) is 25.3 Å². The Morgan fingerprint density at radius 1 is 1.35 bits per heavy atom. The number of carbonyl (C=O) groups is 1. The third kappa shape index (κ3) is 3.11. The number of hydrogen-bond acceptors (Lipinski definition) is 3. The SMILES string of the molecule is Cc1cccn2c(CN3C(C)CCCC3C)c(CC(=O)O)nc12. The summed E-state index contributed by atoms with van der Waals surface area (Å²) in [5.74, 6) is -0.827. The van der Waals surface area contributed by atoms with Crippen molar-refractivity contribution in [2.45, 2.75) is 65.1 Å². The van der Waals surface area contributed by atoms with E-state index in [2.05, 4.69) is 28.1 Å². The highest BCUT2D eigenvalue weighted by atomic mass is 16.4. The van der Waals surface area contributed by atoms with Crippen molar-refractivity contribution in [1.29, 1.82) is 0 Å². The van der Waals surface area contributed by atoms with Gasteiger partial charge in [-0.2, -0.15) is 0 Å². The molecule has 1 fully saturated rings. The van der Waals surface area contributed by atoms with Gasteiger partial charge in [-0.25, -0.2) is 4.98 Å². The zero-order valence-corrected chi connectivity index (χ0v) is 14.1. The molecule has 2 unspecified atom stereocenters. The van der Waals surface area contributed by atoms with Crippen molar-refractivity contribution in [3.63, 3.8) is 0 Å². The maximum atomic E-state index is 11.2. The molecular formula is C18H25N3O2. The summed E-state index contributed by atoms with van der Waals surface area (Å²) >= 11 is 0. The minimum Gasteiger partial charge on any atom is -0.481 e. The normalized spacial score (nSPS) is 22.6. The summed E-state index contributed by atoms with van der Waals surface area (Å²) in [7, 11) is 0. The molecule has 3 heterocycles. The zero-order valence-electron chi connectivity index (χ0n) is 14.1. The highest BCUT2D eigenvalue weighted by molar-refractivity contribution is 5.70. The summed E-state index contributed by atoms with van der Waals surface area (Å²) in [6, 6.07) is 5.06. The van der Waals surface area contributed by atoms with Crippen LogP contribution >= 0.6 is 0 Å². The second-order valence-electron chi connectivity index (χ2n) is 6.76. The van der Waals surface area contributed by atoms with Gasteiger partial charge >= 0.3 is 5.97 Å². The Labute approximate surface area is 136 Å². The Kier molecular flexibility index (Phi) is 4.39. The minimum atomic E-state index is -0.827. The molecule has 2 atom stereocenters. The van der Waals surface area contributed by atoms with Crippen LogP contribution in [0.15, 0.2) is 18.3 Å². The molecule has 0 saturated carbocycles. The lowest BCUT2D eigenvalue weighted by atomic mass is 9.97. The molecule has 0 aromatic carbocycles. The van der Waals surface area contributed by atoms with Crippen LogP contribution in [0.25, 0.3) is 5.65 Å². The van der Waals surface area contributed by atoms with Gasteiger partial charge in [0.1, 0.15) is 5.65 Å². The first-order valence-corrected chi connectivity index (χ1v) is 8.40. The number of pyridine rings is 1. The predicted molar refractivity (Wildman–Crippen MR) is 89.6 cm³/mol. The number of hydrogen-bond donors (Lipinski definition) is 1. The highest BCUT2D eigenvalue weighted by Crippen LogP contribution is 2.26. The number of piperidine rings is 1. The van der Waals surface area contributed by atoms with Gasteiger partial charge in [0.15, 0.2) is 0 Å². The molecule has 1 N–H and O–H groups in total. The zero-order chi connectivity index (χ0) is 16.6. The molecule has 1 aliphatic heterocycles. The number of carboxylic acids is 1. The lowest BCUT2D eigenvalue weighted by molar-refractivity contribution is -0.136. The summed E-state index contributed by atoms with van der Waals surface area (Å²) in [4.78, 5) is 18.4. The van der Waals surface area contributed by atoms with Gasteiger partial charge < -0.3 is 9.51 Å². The van der Waals surface area contributed by atoms with Crippen LogP contribution in [0.4, 0.5) is 0 Å². The molecule has 2 aromatic rings. The fourth-order valence-corrected chi connectivity index (χ4v) is 3.71. The van der Waals surface area contributed by atoms with E-state index in [0.29, 0.717) is 17.8 Å². The Hall–Kier alpha value is -1.88. The van der Waals surface area contributed by atoms with Crippen LogP contribution in [0.3, 0.4) is 0 Å². The Morgan fingerprint density at radius 3 is 2.70 bits per heavy atom. The molecule has 23 heavy (non-hydrogen) atoms. The minimum absolute atomic E-state index is 0.0208. The van der Waals surface area contributed by atoms with Crippen molar-refractivity contribution in [1.82, 2.24) is 14.3 Å². The van der Waals surface area contributed by atoms with Crippen LogP contribution in [-0.4, -0.2) is 37.4 Å². The van der Waals surface area contributed by atoms with Crippen molar-refractivity contribution in [2.75, 3.05) is 0 Å². The average molecular weight is 315 g/mol. The fraction of sp³-hybridized carbons (Fsp3) is 0.556. The van der Waals surface area contributed by atoms with Crippen molar-refractivity contribution in [2.24, 2.45) is 0 Å². The molecule has 0 radical (unpaired) electrons. The van der Waals surface area contributed by atoms with Crippen molar-refractivity contribution >= 4 is 11.6 Å². The predicted octanol–water partition coefficient (Wildman–Crippen LogP) is 3.03. The number of aromatic nitrogens is 2. The maximum Gasteiger partial charge on any atom is 0.309 e. The first-order chi connectivity index (χ1) is 11.0. The molecule has 0 aliphatic carbocycles. The van der Waals surface area contributed by atoms with Crippen LogP contribution in [0.1, 0.15) is 50.1 Å². The first-order valence-electron chi connectivity index (χ1n) is 8.40. The molecule has 0 amide bonds. The Morgan fingerprint density at radius 2 is 2.04 bits per heavy atom. The second-order valence-corrected chi connectivity index (χ2v) is 6.76. The van der Waals surface area contributed by atoms with Gasteiger partial charge in [0.05, 0.1) is 17.8 Å². The number of nitrogens with zero attached hydrogens (tertiary/aromatic N) is 3. The number of imidazole rings is 1. The molecule has 124 valence electrons. The lowest BCUT2D eigenvalue weighted by Crippen LogP contribution is -2.43. The number of fused-ring (bicyclic) bond motifs is 1. The van der Waals surface area contributed by atoms with Crippen LogP contribution in [0, 0.1) is 6.92 Å². The van der Waals surface area contributed by atoms with Crippen LogP contribution in [0.2, 0.25) is 0 Å². The van der Waals surface area contributed by atoms with Crippen molar-refractivity contribution in [3.8, 4) is 0 Å². The highest BCUT2D eigenvalue weighted by Gasteiger charge is 2.27. The molecular weight excluding hydrogens is 290 g/mol. The molecule has 1 saturated heterocycles. The van der Waals surface area contributed by atoms with E-state index in [4.69, 9.17) is 0 Å². The fourth-order valence-electron chi connectivity index (χ4n) is 3.71. The van der Waals surface area contributed by atoms with Gasteiger partial charge in [0.2, 0.25) is 0 Å². The number of likely N-dealkylation sites (tertiary alicyclic amines) is 1. The second kappa shape index (κ2) is 6.32. The summed E-state index contributed by atoms with van der Waals surface area (Å²) in [5, 5.41) is 9.23. The monoisotopic (exact) mass is 315 g/mol. The molecule has 3 rings (SSSR count). The summed E-state index contributed by atoms with van der Waals surface area (Å²) < 4.78 is 2.07. The van der Waals surface area contributed by atoms with E-state index in [-0.39, 0.29) is 6.42 Å². The summed E-state index contributed by atoms with van der Waals surface area (Å²) in [6.07, 6.45) is 5.65. The topological polar surface area (TPSA) is 57.8 Å². The summed E-state index contributed by atoms with van der Waals surface area (Å²) in [5.41, 5.74) is 3.66. The van der Waals surface area contributed by atoms with Gasteiger partial charge in [-0.1, -0.05) is 12.5 Å². The number of carboxylic acid groups (broad SMARTS) is 1. The maximum absolute atomic E-state index is 11.2. The van der Waals surface area contributed by atoms with E-state index >= 15 is 0 Å². The van der Waals surface area contributed by atoms with Crippen LogP contribution in [0.5, 0.6) is 0 Å². The van der Waals surface area contributed by atoms with E-state index < -0.39 is 5.97 Å². The average Bonchev–Trinajstić information content (AvgIpc) is 2.81. The Bertz CT molecular complexity index is 712. The standard InChI is InChI=1S/C18H25N3O2/c1-12-6-5-9-20-16(15(10-17(22)23)19-18(12)20)11-21-13(2)7-4-8-14(21)3/h5-6,9,13-14H,4,7-8,10-11H2,1-3H3,(H,22,23). The molecule has 5 heteroatoms. The van der Waals surface area contributed by atoms with Gasteiger partial charge in [0, 0.05) is 24.8 Å². The lowest BCUT2D eigenvalue weighted by Gasteiger charge is -2.39. The van der Waals surface area contributed by atoms with E-state index in [0.717, 1.165) is 23.4 Å². The van der Waals surface area contributed by atoms with E-state index in [1.165, 1.54) is 19.3 Å². The largest absolute Gasteiger partial charge is 0.481 e. The molecule has 0 bridgehead atoms. The van der Waals surface area contributed by atoms with E-state index in [9.17, 15) is 9.90 Å². The smallest absolute Gasteiger partial charge is 0.309 e. The quantitative estimate of drug-likeness (QED) is 0.942. The number of aliphatic carboxylic acids is 1. The third-order valence-electron chi connectivity index (χ3n) is 5.05.